The van der Waals surface area contributed by atoms with Crippen LogP contribution in [0.25, 0.3) is 0 Å². The quantitative estimate of drug-likeness (QED) is 0.0302. The summed E-state index contributed by atoms with van der Waals surface area (Å²) in [6.07, 6.45) is 0.952. The predicted molar refractivity (Wildman–Crippen MR) is 214 cm³/mol. The van der Waals surface area contributed by atoms with Gasteiger partial charge in [-0.25, -0.2) is 0 Å². The average molecular weight is 826 g/mol. The molecule has 0 fully saturated rings. The zero-order valence-electron chi connectivity index (χ0n) is 34.1. The van der Waals surface area contributed by atoms with Crippen LogP contribution in [0.15, 0.2) is 42.5 Å². The number of nitro groups is 1. The number of anilines is 2. The molecule has 0 aromatic heterocycles. The molecule has 0 heterocycles. The van der Waals surface area contributed by atoms with Crippen molar-refractivity contribution >= 4 is 46.8 Å². The molecule has 0 unspecified atom stereocenters. The SMILES string of the molecule is CCOC(=O)CCCOc1ccc(C)cc1NC(=O)c1cc(NC(=O)c2cc([N+](=O)[O-])c(OCCCC(=O)OCC)cc2OCCCC(=O)OCC)c(OC)cc1OC. The minimum Gasteiger partial charge on any atom is -0.496 e. The summed E-state index contributed by atoms with van der Waals surface area (Å²) in [5.74, 6) is -2.60. The third-order valence-corrected chi connectivity index (χ3v) is 8.16. The fourth-order valence-corrected chi connectivity index (χ4v) is 5.42. The van der Waals surface area contributed by atoms with Crippen molar-refractivity contribution in [3.05, 3.63) is 69.3 Å². The minimum absolute atomic E-state index is 0.00154. The number of nitro benzene ring substituents is 1. The zero-order chi connectivity index (χ0) is 43.3. The molecule has 3 aromatic rings. The van der Waals surface area contributed by atoms with Gasteiger partial charge in [0, 0.05) is 37.5 Å². The molecule has 3 aromatic carbocycles. The standard InChI is InChI=1S/C41H51N3O15/c1-7-54-37(45)13-10-18-57-32-17-16-26(4)21-29(32)42-40(48)27-22-30(35(53-6)24-33(27)52-5)43-41(49)28-23-31(44(50)51)36(59-20-12-15-39(47)56-9-3)25-34(28)58-19-11-14-38(46)55-8-2/h16-17,21-25H,7-15,18-20H2,1-6H3,(H,42,48)(H,43,49). The number of rotatable bonds is 25. The Hall–Kier alpha value is -6.59. The highest BCUT2D eigenvalue weighted by atomic mass is 16.6. The van der Waals surface area contributed by atoms with Crippen molar-refractivity contribution in [1.29, 1.82) is 0 Å². The van der Waals surface area contributed by atoms with Crippen molar-refractivity contribution in [2.75, 3.05) is 64.5 Å². The Morgan fingerprint density at radius 2 is 1.02 bits per heavy atom. The number of nitrogens with zero attached hydrogens (tertiary/aromatic N) is 1. The monoisotopic (exact) mass is 825 g/mol. The average Bonchev–Trinajstić information content (AvgIpc) is 3.20. The van der Waals surface area contributed by atoms with Gasteiger partial charge in [0.15, 0.2) is 0 Å². The number of nitrogens with one attached hydrogen (secondary N) is 2. The maximum absolute atomic E-state index is 14.0. The number of hydrogen-bond donors (Lipinski definition) is 2. The van der Waals surface area contributed by atoms with Crippen molar-refractivity contribution < 1.29 is 66.8 Å². The van der Waals surface area contributed by atoms with Gasteiger partial charge in [0.25, 0.3) is 11.8 Å². The summed E-state index contributed by atoms with van der Waals surface area (Å²) in [4.78, 5) is 74.8. The Morgan fingerprint density at radius 3 is 1.49 bits per heavy atom. The van der Waals surface area contributed by atoms with E-state index in [1.165, 1.54) is 32.4 Å². The van der Waals surface area contributed by atoms with E-state index in [1.54, 1.807) is 39.0 Å². The molecule has 0 bridgehead atoms. The summed E-state index contributed by atoms with van der Waals surface area (Å²) >= 11 is 0. The van der Waals surface area contributed by atoms with E-state index >= 15 is 0 Å². The molecule has 0 aliphatic rings. The maximum Gasteiger partial charge on any atom is 0.312 e. The highest BCUT2D eigenvalue weighted by molar-refractivity contribution is 6.11. The number of ether oxygens (including phenoxy) is 8. The second-order valence-electron chi connectivity index (χ2n) is 12.5. The van der Waals surface area contributed by atoms with Crippen molar-refractivity contribution in [2.24, 2.45) is 0 Å². The summed E-state index contributed by atoms with van der Waals surface area (Å²) < 4.78 is 43.3. The molecule has 18 nitrogen and oxygen atoms in total. The number of methoxy groups -OCH3 is 2. The minimum atomic E-state index is -0.880. The molecular formula is C41H51N3O15. The first kappa shape index (κ1) is 46.8. The lowest BCUT2D eigenvalue weighted by Crippen LogP contribution is -2.18. The van der Waals surface area contributed by atoms with E-state index in [2.05, 4.69) is 10.6 Å². The van der Waals surface area contributed by atoms with Crippen LogP contribution >= 0.6 is 0 Å². The van der Waals surface area contributed by atoms with Crippen LogP contribution in [0.4, 0.5) is 17.1 Å². The van der Waals surface area contributed by atoms with Gasteiger partial charge in [-0.05, 0) is 70.7 Å². The van der Waals surface area contributed by atoms with E-state index in [-0.39, 0.29) is 118 Å². The second kappa shape index (κ2) is 24.2. The van der Waals surface area contributed by atoms with E-state index in [9.17, 15) is 34.1 Å². The smallest absolute Gasteiger partial charge is 0.312 e. The van der Waals surface area contributed by atoms with Gasteiger partial charge in [0.2, 0.25) is 5.75 Å². The second-order valence-corrected chi connectivity index (χ2v) is 12.5. The summed E-state index contributed by atoms with van der Waals surface area (Å²) in [5.41, 5.74) is 0.276. The van der Waals surface area contributed by atoms with E-state index in [0.29, 0.717) is 17.9 Å². The molecule has 0 aliphatic carbocycles. The molecule has 0 saturated carbocycles. The van der Waals surface area contributed by atoms with Crippen LogP contribution in [0, 0.1) is 17.0 Å². The van der Waals surface area contributed by atoms with Gasteiger partial charge in [-0.15, -0.1) is 0 Å². The molecule has 0 radical (unpaired) electrons. The molecule has 18 heteroatoms. The number of benzene rings is 3. The first-order valence-corrected chi connectivity index (χ1v) is 19.0. The van der Waals surface area contributed by atoms with Crippen LogP contribution in [0.2, 0.25) is 0 Å². The van der Waals surface area contributed by atoms with Gasteiger partial charge < -0.3 is 48.5 Å². The Balaban J connectivity index is 1.95. The Kier molecular flexibility index (Phi) is 19.2. The van der Waals surface area contributed by atoms with Gasteiger partial charge >= 0.3 is 23.6 Å². The van der Waals surface area contributed by atoms with Gasteiger partial charge in [-0.2, -0.15) is 0 Å². The normalized spacial score (nSPS) is 10.5. The van der Waals surface area contributed by atoms with Crippen molar-refractivity contribution in [1.82, 2.24) is 0 Å². The van der Waals surface area contributed by atoms with Crippen LogP contribution in [0.1, 0.15) is 85.6 Å². The molecule has 59 heavy (non-hydrogen) atoms. The summed E-state index contributed by atoms with van der Waals surface area (Å²) in [7, 11) is 2.68. The number of hydrogen-bond acceptors (Lipinski definition) is 15. The zero-order valence-corrected chi connectivity index (χ0v) is 34.1. The summed E-state index contributed by atoms with van der Waals surface area (Å²) in [6.45, 7) is 7.57. The number of amides is 2. The first-order chi connectivity index (χ1) is 28.3. The molecule has 3 rings (SSSR count). The molecule has 0 atom stereocenters. The van der Waals surface area contributed by atoms with E-state index in [0.717, 1.165) is 11.6 Å². The van der Waals surface area contributed by atoms with Crippen LogP contribution < -0.4 is 34.3 Å². The Bertz CT molecular complexity index is 1950. The lowest BCUT2D eigenvalue weighted by atomic mass is 10.1. The number of carbonyl (C=O) groups excluding carboxylic acids is 5. The summed E-state index contributed by atoms with van der Waals surface area (Å²) in [5, 5.41) is 17.7. The molecule has 320 valence electrons. The Labute approximate surface area is 341 Å². The van der Waals surface area contributed by atoms with Gasteiger partial charge in [0.1, 0.15) is 23.0 Å². The van der Waals surface area contributed by atoms with Crippen molar-refractivity contribution in [2.45, 2.75) is 66.2 Å². The van der Waals surface area contributed by atoms with E-state index < -0.39 is 34.4 Å². The molecule has 0 saturated heterocycles. The first-order valence-electron chi connectivity index (χ1n) is 19.0. The molecule has 0 aliphatic heterocycles. The van der Waals surface area contributed by atoms with Crippen molar-refractivity contribution in [3.63, 3.8) is 0 Å². The van der Waals surface area contributed by atoms with Gasteiger partial charge in [0.05, 0.1) is 81.3 Å². The molecule has 2 amide bonds. The van der Waals surface area contributed by atoms with E-state index in [1.807, 2.05) is 6.92 Å². The summed E-state index contributed by atoms with van der Waals surface area (Å²) in [6, 6.07) is 10.0. The maximum atomic E-state index is 14.0. The Morgan fingerprint density at radius 1 is 0.576 bits per heavy atom. The lowest BCUT2D eigenvalue weighted by molar-refractivity contribution is -0.385. The van der Waals surface area contributed by atoms with Crippen LogP contribution in [0.5, 0.6) is 28.7 Å². The highest BCUT2D eigenvalue weighted by Gasteiger charge is 2.27. The van der Waals surface area contributed by atoms with Gasteiger partial charge in [-0.3, -0.25) is 34.1 Å². The fraction of sp³-hybridized carbons (Fsp3) is 0.439. The molecular weight excluding hydrogens is 774 g/mol. The number of esters is 3. The predicted octanol–water partition coefficient (Wildman–Crippen LogP) is 6.59. The molecule has 2 N–H and O–H groups in total. The topological polar surface area (TPSA) is 226 Å². The number of carbonyl (C=O) groups is 5. The van der Waals surface area contributed by atoms with Gasteiger partial charge in [-0.1, -0.05) is 6.07 Å². The van der Waals surface area contributed by atoms with E-state index in [4.69, 9.17) is 37.9 Å². The fourth-order valence-electron chi connectivity index (χ4n) is 5.42. The third kappa shape index (κ3) is 14.7. The van der Waals surface area contributed by atoms with Crippen LogP contribution in [0.3, 0.4) is 0 Å². The number of aryl methyl sites for hydroxylation is 1. The molecule has 0 spiro atoms. The lowest BCUT2D eigenvalue weighted by Gasteiger charge is -2.18. The largest absolute Gasteiger partial charge is 0.496 e. The van der Waals surface area contributed by atoms with Crippen molar-refractivity contribution in [3.8, 4) is 28.7 Å². The van der Waals surface area contributed by atoms with Crippen LogP contribution in [-0.4, -0.2) is 88.5 Å². The van der Waals surface area contributed by atoms with Crippen LogP contribution in [-0.2, 0) is 28.6 Å². The highest BCUT2D eigenvalue weighted by Crippen LogP contribution is 2.38. The third-order valence-electron chi connectivity index (χ3n) is 8.16.